The van der Waals surface area contributed by atoms with Gasteiger partial charge in [0.25, 0.3) is 0 Å². The number of aryl methyl sites for hydroxylation is 1. The van der Waals surface area contributed by atoms with Crippen LogP contribution in [0.5, 0.6) is 0 Å². The number of anilines is 1. The van der Waals surface area contributed by atoms with E-state index in [1.165, 1.54) is 5.56 Å². The molecule has 26 heavy (non-hydrogen) atoms. The zero-order chi connectivity index (χ0) is 18.8. The zero-order valence-electron chi connectivity index (χ0n) is 15.1. The van der Waals surface area contributed by atoms with Crippen molar-refractivity contribution in [3.05, 3.63) is 64.7 Å². The lowest BCUT2D eigenvalue weighted by Gasteiger charge is -2.09. The van der Waals surface area contributed by atoms with Crippen LogP contribution in [0.25, 0.3) is 0 Å². The van der Waals surface area contributed by atoms with E-state index in [1.807, 2.05) is 55.5 Å². The van der Waals surface area contributed by atoms with Crippen molar-refractivity contribution in [2.24, 2.45) is 0 Å². The molecule has 0 atom stereocenters. The molecule has 0 saturated carbocycles. The lowest BCUT2D eigenvalue weighted by Crippen LogP contribution is -2.22. The second-order valence-electron chi connectivity index (χ2n) is 6.26. The summed E-state index contributed by atoms with van der Waals surface area (Å²) in [5, 5.41) is 6.52. The predicted octanol–water partition coefficient (Wildman–Crippen LogP) is 4.72. The van der Waals surface area contributed by atoms with Gasteiger partial charge in [-0.2, -0.15) is 0 Å². The van der Waals surface area contributed by atoms with E-state index in [4.69, 9.17) is 11.6 Å². The first-order valence-electron chi connectivity index (χ1n) is 8.96. The molecule has 0 aliphatic heterocycles. The molecule has 0 unspecified atom stereocenters. The van der Waals surface area contributed by atoms with Gasteiger partial charge in [0.15, 0.2) is 0 Å². The Hall–Kier alpha value is -2.33. The lowest BCUT2D eigenvalue weighted by atomic mass is 10.1. The average molecular weight is 373 g/mol. The van der Waals surface area contributed by atoms with Crippen LogP contribution >= 0.6 is 11.6 Å². The molecule has 2 amide bonds. The number of nitrogens with one attached hydrogen (secondary N) is 2. The minimum absolute atomic E-state index is 0.0101. The monoisotopic (exact) mass is 372 g/mol. The summed E-state index contributed by atoms with van der Waals surface area (Å²) >= 11 is 5.86. The summed E-state index contributed by atoms with van der Waals surface area (Å²) in [5.41, 5.74) is 2.90. The summed E-state index contributed by atoms with van der Waals surface area (Å²) in [6.45, 7) is 2.43. The topological polar surface area (TPSA) is 58.2 Å². The van der Waals surface area contributed by atoms with Crippen LogP contribution in [0.15, 0.2) is 48.5 Å². The van der Waals surface area contributed by atoms with Gasteiger partial charge < -0.3 is 10.6 Å². The molecule has 4 nitrogen and oxygen atoms in total. The van der Waals surface area contributed by atoms with Crippen LogP contribution in [-0.4, -0.2) is 11.8 Å². The maximum atomic E-state index is 12.0. The molecular weight excluding hydrogens is 348 g/mol. The van der Waals surface area contributed by atoms with Crippen molar-refractivity contribution in [1.82, 2.24) is 5.32 Å². The van der Waals surface area contributed by atoms with Crippen LogP contribution in [0, 0.1) is 0 Å². The molecule has 0 bridgehead atoms. The van der Waals surface area contributed by atoms with E-state index in [9.17, 15) is 9.59 Å². The predicted molar refractivity (Wildman–Crippen MR) is 106 cm³/mol. The highest BCUT2D eigenvalue weighted by Crippen LogP contribution is 2.13. The SMILES string of the molecule is CCCC(=O)Nc1cccc(CNC(=O)CCCc2ccc(Cl)cc2)c1. The number of hydrogen-bond donors (Lipinski definition) is 2. The Morgan fingerprint density at radius 2 is 1.73 bits per heavy atom. The van der Waals surface area contributed by atoms with Crippen molar-refractivity contribution in [1.29, 1.82) is 0 Å². The number of rotatable bonds is 9. The van der Waals surface area contributed by atoms with Crippen LogP contribution < -0.4 is 10.6 Å². The Bertz CT molecular complexity index is 729. The Morgan fingerprint density at radius 3 is 2.46 bits per heavy atom. The van der Waals surface area contributed by atoms with E-state index in [-0.39, 0.29) is 11.8 Å². The smallest absolute Gasteiger partial charge is 0.224 e. The Morgan fingerprint density at radius 1 is 0.962 bits per heavy atom. The van der Waals surface area contributed by atoms with Gasteiger partial charge in [-0.3, -0.25) is 9.59 Å². The van der Waals surface area contributed by atoms with Gasteiger partial charge in [0, 0.05) is 30.1 Å². The summed E-state index contributed by atoms with van der Waals surface area (Å²) < 4.78 is 0. The molecule has 0 heterocycles. The molecule has 0 aliphatic carbocycles. The molecule has 0 spiro atoms. The van der Waals surface area contributed by atoms with Gasteiger partial charge in [0.1, 0.15) is 0 Å². The Labute approximate surface area is 159 Å². The third-order valence-electron chi connectivity index (χ3n) is 3.96. The third-order valence-corrected chi connectivity index (χ3v) is 4.21. The van der Waals surface area contributed by atoms with Gasteiger partial charge in [0.2, 0.25) is 11.8 Å². The van der Waals surface area contributed by atoms with Gasteiger partial charge in [-0.1, -0.05) is 42.8 Å². The van der Waals surface area contributed by atoms with Gasteiger partial charge in [-0.25, -0.2) is 0 Å². The highest BCUT2D eigenvalue weighted by Gasteiger charge is 2.04. The van der Waals surface area contributed by atoms with Crippen LogP contribution in [0.2, 0.25) is 5.02 Å². The molecule has 5 heteroatoms. The molecule has 2 aromatic rings. The summed E-state index contributed by atoms with van der Waals surface area (Å²) in [6.07, 6.45) is 3.45. The molecular formula is C21H25ClN2O2. The second kappa shape index (κ2) is 10.6. The minimum atomic E-state index is 0.0101. The average Bonchev–Trinajstić information content (AvgIpc) is 2.62. The fraction of sp³-hybridized carbons (Fsp3) is 0.333. The molecule has 2 N–H and O–H groups in total. The van der Waals surface area contributed by atoms with Gasteiger partial charge in [-0.15, -0.1) is 0 Å². The lowest BCUT2D eigenvalue weighted by molar-refractivity contribution is -0.121. The number of halogens is 1. The van der Waals surface area contributed by atoms with Crippen molar-refractivity contribution in [3.8, 4) is 0 Å². The first-order valence-corrected chi connectivity index (χ1v) is 9.34. The van der Waals surface area contributed by atoms with Crippen LogP contribution in [0.1, 0.15) is 43.7 Å². The highest BCUT2D eigenvalue weighted by molar-refractivity contribution is 6.30. The molecule has 0 aromatic heterocycles. The number of carbonyl (C=O) groups is 2. The molecule has 0 saturated heterocycles. The Balaban J connectivity index is 1.73. The van der Waals surface area contributed by atoms with Gasteiger partial charge in [0.05, 0.1) is 0 Å². The van der Waals surface area contributed by atoms with E-state index in [0.29, 0.717) is 19.4 Å². The van der Waals surface area contributed by atoms with Crippen LogP contribution in [-0.2, 0) is 22.6 Å². The second-order valence-corrected chi connectivity index (χ2v) is 6.69. The molecule has 2 aromatic carbocycles. The number of hydrogen-bond acceptors (Lipinski definition) is 2. The summed E-state index contributed by atoms with van der Waals surface area (Å²) in [6, 6.07) is 15.3. The normalized spacial score (nSPS) is 10.4. The molecule has 0 aliphatic rings. The van der Waals surface area contributed by atoms with Gasteiger partial charge >= 0.3 is 0 Å². The molecule has 2 rings (SSSR count). The van der Waals surface area contributed by atoms with Crippen molar-refractivity contribution < 1.29 is 9.59 Å². The van der Waals surface area contributed by atoms with E-state index >= 15 is 0 Å². The van der Waals surface area contributed by atoms with E-state index in [2.05, 4.69) is 10.6 Å². The Kier molecular flexibility index (Phi) is 8.16. The van der Waals surface area contributed by atoms with E-state index in [0.717, 1.165) is 35.5 Å². The summed E-state index contributed by atoms with van der Waals surface area (Å²) in [5.74, 6) is 0.0373. The van der Waals surface area contributed by atoms with Crippen molar-refractivity contribution >= 4 is 29.1 Å². The third kappa shape index (κ3) is 7.28. The number of amides is 2. The summed E-state index contributed by atoms with van der Waals surface area (Å²) in [7, 11) is 0. The largest absolute Gasteiger partial charge is 0.352 e. The maximum absolute atomic E-state index is 12.0. The van der Waals surface area contributed by atoms with Crippen LogP contribution in [0.4, 0.5) is 5.69 Å². The van der Waals surface area contributed by atoms with Crippen molar-refractivity contribution in [2.75, 3.05) is 5.32 Å². The standard InChI is InChI=1S/C21H25ClN2O2/c1-2-5-21(26)24-19-8-3-7-17(14-19)15-23-20(25)9-4-6-16-10-12-18(22)13-11-16/h3,7-8,10-14H,2,4-6,9,15H2,1H3,(H,23,25)(H,24,26). The van der Waals surface area contributed by atoms with Crippen molar-refractivity contribution in [2.45, 2.75) is 45.6 Å². The molecule has 138 valence electrons. The van der Waals surface area contributed by atoms with E-state index < -0.39 is 0 Å². The quantitative estimate of drug-likeness (QED) is 0.669. The minimum Gasteiger partial charge on any atom is -0.352 e. The summed E-state index contributed by atoms with van der Waals surface area (Å²) in [4.78, 5) is 23.7. The maximum Gasteiger partial charge on any atom is 0.224 e. The van der Waals surface area contributed by atoms with Crippen molar-refractivity contribution in [3.63, 3.8) is 0 Å². The first kappa shape index (κ1) is 20.0. The van der Waals surface area contributed by atoms with E-state index in [1.54, 1.807) is 0 Å². The fourth-order valence-corrected chi connectivity index (χ4v) is 2.73. The highest BCUT2D eigenvalue weighted by atomic mass is 35.5. The molecule has 0 radical (unpaired) electrons. The van der Waals surface area contributed by atoms with Crippen LogP contribution in [0.3, 0.4) is 0 Å². The number of benzene rings is 2. The van der Waals surface area contributed by atoms with Gasteiger partial charge in [-0.05, 0) is 54.7 Å². The first-order chi connectivity index (χ1) is 12.6. The number of carbonyl (C=O) groups excluding carboxylic acids is 2. The molecule has 0 fully saturated rings. The fourth-order valence-electron chi connectivity index (χ4n) is 2.60. The zero-order valence-corrected chi connectivity index (χ0v) is 15.8.